The van der Waals surface area contributed by atoms with Crippen LogP contribution in [0.3, 0.4) is 0 Å². The third kappa shape index (κ3) is 5.35. The molecule has 0 aliphatic carbocycles. The number of fused-ring (bicyclic) bond motifs is 1. The van der Waals surface area contributed by atoms with E-state index in [-0.39, 0.29) is 61.4 Å². The number of hydrogen-bond donors (Lipinski definition) is 1. The van der Waals surface area contributed by atoms with Crippen molar-refractivity contribution in [1.29, 1.82) is 0 Å². The van der Waals surface area contributed by atoms with Crippen molar-refractivity contribution in [2.45, 2.75) is 51.4 Å². The summed E-state index contributed by atoms with van der Waals surface area (Å²) in [4.78, 5) is 40.3. The van der Waals surface area contributed by atoms with Gasteiger partial charge in [-0.3, -0.25) is 14.6 Å². The van der Waals surface area contributed by atoms with Crippen molar-refractivity contribution in [3.8, 4) is 11.4 Å². The molecule has 2 aliphatic rings. The van der Waals surface area contributed by atoms with E-state index >= 15 is 0 Å². The third-order valence-corrected chi connectivity index (χ3v) is 6.23. The summed E-state index contributed by atoms with van der Waals surface area (Å²) in [5.41, 5.74) is 5.75. The van der Waals surface area contributed by atoms with E-state index in [9.17, 15) is 22.8 Å². The number of rotatable bonds is 5. The van der Waals surface area contributed by atoms with E-state index in [1.54, 1.807) is 17.0 Å². The minimum Gasteiger partial charge on any atom is -0.341 e. The van der Waals surface area contributed by atoms with Gasteiger partial charge in [0.05, 0.1) is 12.2 Å². The minimum absolute atomic E-state index is 0.000167. The lowest BCUT2D eigenvalue weighted by atomic mass is 9.98. The van der Waals surface area contributed by atoms with Crippen LogP contribution in [0.4, 0.5) is 13.2 Å². The van der Waals surface area contributed by atoms with Gasteiger partial charge in [0.1, 0.15) is 0 Å². The second-order valence-corrected chi connectivity index (χ2v) is 9.03. The van der Waals surface area contributed by atoms with Gasteiger partial charge in [-0.1, -0.05) is 6.92 Å². The number of nitrogens with two attached hydrogens (primary N) is 1. The first-order chi connectivity index (χ1) is 16.1. The molecular weight excluding hydrogens is 449 g/mol. The van der Waals surface area contributed by atoms with Gasteiger partial charge in [0, 0.05) is 62.0 Å². The Balaban J connectivity index is 1.49. The molecule has 0 saturated carbocycles. The molecule has 182 valence electrons. The number of piperidine rings is 1. The van der Waals surface area contributed by atoms with Gasteiger partial charge in [-0.15, -0.1) is 0 Å². The van der Waals surface area contributed by atoms with E-state index in [1.165, 1.54) is 17.3 Å². The first-order valence-corrected chi connectivity index (χ1v) is 11.3. The summed E-state index contributed by atoms with van der Waals surface area (Å²) >= 11 is 0. The number of pyridine rings is 1. The molecule has 2 amide bonds. The van der Waals surface area contributed by atoms with Crippen LogP contribution in [0.25, 0.3) is 11.4 Å². The third-order valence-electron chi connectivity index (χ3n) is 6.23. The number of carbonyl (C=O) groups excluding carboxylic acids is 2. The van der Waals surface area contributed by atoms with Crippen LogP contribution in [-0.2, 0) is 28.7 Å². The first kappa shape index (κ1) is 24.1. The fourth-order valence-electron chi connectivity index (χ4n) is 4.48. The number of halogens is 3. The average Bonchev–Trinajstić information content (AvgIpc) is 2.80. The number of likely N-dealkylation sites (tertiary alicyclic amines) is 1. The second kappa shape index (κ2) is 9.65. The molecular formula is C23H27F3N6O2. The van der Waals surface area contributed by atoms with Gasteiger partial charge in [0.15, 0.2) is 11.5 Å². The topological polar surface area (TPSA) is 105 Å². The van der Waals surface area contributed by atoms with Crippen LogP contribution in [0, 0.1) is 5.92 Å². The monoisotopic (exact) mass is 476 g/mol. The zero-order valence-electron chi connectivity index (χ0n) is 18.9. The zero-order chi connectivity index (χ0) is 24.5. The summed E-state index contributed by atoms with van der Waals surface area (Å²) in [6, 6.07) is 2.63. The maximum Gasteiger partial charge on any atom is 0.433 e. The maximum absolute atomic E-state index is 13.7. The van der Waals surface area contributed by atoms with Gasteiger partial charge in [0.25, 0.3) is 0 Å². The molecule has 8 nitrogen and oxygen atoms in total. The lowest BCUT2D eigenvalue weighted by molar-refractivity contribution is -0.142. The molecule has 1 fully saturated rings. The van der Waals surface area contributed by atoms with Gasteiger partial charge in [0.2, 0.25) is 11.8 Å². The highest BCUT2D eigenvalue weighted by Crippen LogP contribution is 2.35. The predicted octanol–water partition coefficient (Wildman–Crippen LogP) is 2.42. The summed E-state index contributed by atoms with van der Waals surface area (Å²) in [6.07, 6.45) is -0.411. The van der Waals surface area contributed by atoms with Crippen molar-refractivity contribution in [2.75, 3.05) is 19.6 Å². The molecule has 34 heavy (non-hydrogen) atoms. The molecule has 2 aromatic rings. The minimum atomic E-state index is -4.64. The molecule has 2 aliphatic heterocycles. The lowest BCUT2D eigenvalue weighted by Crippen LogP contribution is -2.48. The summed E-state index contributed by atoms with van der Waals surface area (Å²) in [6.45, 7) is 3.03. The van der Waals surface area contributed by atoms with E-state index in [4.69, 9.17) is 5.73 Å². The summed E-state index contributed by atoms with van der Waals surface area (Å²) in [5.74, 6) is 0.0663. The molecule has 0 aromatic carbocycles. The highest BCUT2D eigenvalue weighted by Gasteiger charge is 2.39. The zero-order valence-corrected chi connectivity index (χ0v) is 18.9. The smallest absolute Gasteiger partial charge is 0.341 e. The van der Waals surface area contributed by atoms with Crippen LogP contribution in [-0.4, -0.2) is 62.2 Å². The van der Waals surface area contributed by atoms with Crippen molar-refractivity contribution in [2.24, 2.45) is 11.7 Å². The van der Waals surface area contributed by atoms with Crippen LogP contribution >= 0.6 is 0 Å². The van der Waals surface area contributed by atoms with E-state index < -0.39 is 17.9 Å². The van der Waals surface area contributed by atoms with E-state index in [1.807, 2.05) is 0 Å². The molecule has 0 spiro atoms. The quantitative estimate of drug-likeness (QED) is 0.711. The average molecular weight is 477 g/mol. The Morgan fingerprint density at radius 2 is 2.09 bits per heavy atom. The number of carbonyl (C=O) groups is 2. The maximum atomic E-state index is 13.7. The Labute approximate surface area is 195 Å². The molecule has 4 heterocycles. The van der Waals surface area contributed by atoms with E-state index in [2.05, 4.69) is 21.9 Å². The van der Waals surface area contributed by atoms with Crippen LogP contribution in [0.15, 0.2) is 24.5 Å². The Hall–Kier alpha value is -3.08. The highest BCUT2D eigenvalue weighted by atomic mass is 19.4. The fourth-order valence-corrected chi connectivity index (χ4v) is 4.48. The van der Waals surface area contributed by atoms with Crippen LogP contribution < -0.4 is 5.73 Å². The molecule has 0 bridgehead atoms. The normalized spacial score (nSPS) is 19.7. The molecule has 2 aromatic heterocycles. The van der Waals surface area contributed by atoms with Crippen LogP contribution in [0.1, 0.15) is 43.1 Å². The second-order valence-electron chi connectivity index (χ2n) is 9.03. The van der Waals surface area contributed by atoms with Crippen molar-refractivity contribution >= 4 is 11.8 Å². The summed E-state index contributed by atoms with van der Waals surface area (Å²) in [5, 5.41) is 0. The predicted molar refractivity (Wildman–Crippen MR) is 117 cm³/mol. The van der Waals surface area contributed by atoms with Gasteiger partial charge in [-0.05, 0) is 30.9 Å². The van der Waals surface area contributed by atoms with E-state index in [0.29, 0.717) is 24.4 Å². The van der Waals surface area contributed by atoms with Crippen LogP contribution in [0.5, 0.6) is 0 Å². The number of alkyl halides is 3. The Bertz CT molecular complexity index is 1060. The highest BCUT2D eigenvalue weighted by molar-refractivity contribution is 5.78. The van der Waals surface area contributed by atoms with Crippen molar-refractivity contribution in [1.82, 2.24) is 24.8 Å². The molecule has 4 rings (SSSR count). The summed E-state index contributed by atoms with van der Waals surface area (Å²) in [7, 11) is 0. The molecule has 2 N–H and O–H groups in total. The largest absolute Gasteiger partial charge is 0.433 e. The lowest BCUT2D eigenvalue weighted by Gasteiger charge is -2.34. The van der Waals surface area contributed by atoms with Crippen molar-refractivity contribution in [3.05, 3.63) is 41.5 Å². The SMILES string of the molecule is C[C@@H]1CCC(=O)N(C[C@@H](N)CC(=O)N2CCc3c(nc(-c4cccnc4)nc3C(F)(F)F)C2)C1. The standard InChI is InChI=1S/C23H27F3N6O2/c1-14-4-5-19(33)32(11-14)12-16(27)9-20(34)31-8-6-17-18(13-31)29-22(15-3-2-7-28-10-15)30-21(17)23(24,25)26/h2-3,7,10,14,16H,4-6,8-9,11-13,27H2,1H3/t14-,16+/m1/s1. The van der Waals surface area contributed by atoms with Crippen molar-refractivity contribution < 1.29 is 22.8 Å². The van der Waals surface area contributed by atoms with Crippen LogP contribution in [0.2, 0.25) is 0 Å². The van der Waals surface area contributed by atoms with E-state index in [0.717, 1.165) is 6.42 Å². The van der Waals surface area contributed by atoms with Crippen molar-refractivity contribution in [3.63, 3.8) is 0 Å². The van der Waals surface area contributed by atoms with Gasteiger partial charge < -0.3 is 15.5 Å². The Kier molecular flexibility index (Phi) is 6.83. The summed E-state index contributed by atoms with van der Waals surface area (Å²) < 4.78 is 41.2. The molecule has 11 heteroatoms. The number of nitrogens with zero attached hydrogens (tertiary/aromatic N) is 5. The molecule has 2 atom stereocenters. The Morgan fingerprint density at radius 1 is 1.29 bits per heavy atom. The fraction of sp³-hybridized carbons (Fsp3) is 0.522. The Morgan fingerprint density at radius 3 is 2.79 bits per heavy atom. The molecule has 0 unspecified atom stereocenters. The number of hydrogen-bond acceptors (Lipinski definition) is 6. The number of aromatic nitrogens is 3. The molecule has 0 radical (unpaired) electrons. The van der Waals surface area contributed by atoms with Gasteiger partial charge >= 0.3 is 6.18 Å². The van der Waals surface area contributed by atoms with Gasteiger partial charge in [-0.2, -0.15) is 13.2 Å². The number of amides is 2. The van der Waals surface area contributed by atoms with Gasteiger partial charge in [-0.25, -0.2) is 9.97 Å². The molecule has 1 saturated heterocycles. The first-order valence-electron chi connectivity index (χ1n) is 11.3.